The first-order valence-electron chi connectivity index (χ1n) is 5.52. The fraction of sp³-hybridized carbons (Fsp3) is 0.143. The Kier molecular flexibility index (Phi) is 3.55. The number of halogens is 1. The van der Waals surface area contributed by atoms with Gasteiger partial charge >= 0.3 is 0 Å². The molecule has 0 radical (unpaired) electrons. The lowest BCUT2D eigenvalue weighted by atomic mass is 10.1. The van der Waals surface area contributed by atoms with Crippen LogP contribution in [0.15, 0.2) is 49.8 Å². The van der Waals surface area contributed by atoms with Gasteiger partial charge in [0, 0.05) is 17.4 Å². The van der Waals surface area contributed by atoms with Crippen molar-refractivity contribution in [1.82, 2.24) is 9.88 Å². The number of fused-ring (bicyclic) bond motifs is 1. The number of hydrogen-bond acceptors (Lipinski definition) is 1. The highest BCUT2D eigenvalue weighted by Gasteiger charge is 2.09. The van der Waals surface area contributed by atoms with Gasteiger partial charge in [-0.05, 0) is 30.5 Å². The third-order valence-corrected chi connectivity index (χ3v) is 3.17. The predicted octanol–water partition coefficient (Wildman–Crippen LogP) is 3.95. The van der Waals surface area contributed by atoms with E-state index in [1.807, 2.05) is 23.1 Å². The van der Waals surface area contributed by atoms with Gasteiger partial charge in [-0.1, -0.05) is 43.0 Å². The molecule has 0 unspecified atom stereocenters. The van der Waals surface area contributed by atoms with Crippen LogP contribution in [0.4, 0.5) is 0 Å². The van der Waals surface area contributed by atoms with Crippen LogP contribution >= 0.6 is 11.6 Å². The molecule has 0 bridgehead atoms. The molecule has 2 nitrogen and oxygen atoms in total. The molecule has 0 saturated heterocycles. The van der Waals surface area contributed by atoms with Crippen LogP contribution in [-0.2, 0) is 6.42 Å². The monoisotopic (exact) mass is 246 g/mol. The second-order valence-corrected chi connectivity index (χ2v) is 4.19. The zero-order valence-corrected chi connectivity index (χ0v) is 10.4. The van der Waals surface area contributed by atoms with Gasteiger partial charge in [0.2, 0.25) is 0 Å². The normalized spacial score (nSPS) is 10.4. The van der Waals surface area contributed by atoms with Crippen molar-refractivity contribution in [2.24, 2.45) is 0 Å². The quantitative estimate of drug-likeness (QED) is 0.846. The summed E-state index contributed by atoms with van der Waals surface area (Å²) in [7, 11) is 0. The molecular weight excluding hydrogens is 232 g/mol. The van der Waals surface area contributed by atoms with Gasteiger partial charge in [0.15, 0.2) is 0 Å². The van der Waals surface area contributed by atoms with Crippen LogP contribution < -0.4 is 0 Å². The second kappa shape index (κ2) is 5.11. The van der Waals surface area contributed by atoms with Gasteiger partial charge in [0.1, 0.15) is 5.15 Å². The Morgan fingerprint density at radius 2 is 1.94 bits per heavy atom. The van der Waals surface area contributed by atoms with Crippen LogP contribution in [0, 0.1) is 0 Å². The Hall–Kier alpha value is -1.67. The lowest BCUT2D eigenvalue weighted by Gasteiger charge is -2.13. The fourth-order valence-corrected chi connectivity index (χ4v) is 2.21. The molecule has 0 fully saturated rings. The van der Waals surface area contributed by atoms with Crippen LogP contribution in [0.5, 0.6) is 0 Å². The molecule has 2 aromatic rings. The maximum absolute atomic E-state index is 6.21. The van der Waals surface area contributed by atoms with Gasteiger partial charge < -0.3 is 9.88 Å². The summed E-state index contributed by atoms with van der Waals surface area (Å²) >= 11 is 6.21. The van der Waals surface area contributed by atoms with Gasteiger partial charge in [-0.15, -0.1) is 0 Å². The number of H-pyrrole nitrogens is 1. The Morgan fingerprint density at radius 1 is 1.24 bits per heavy atom. The molecule has 1 aromatic heterocycles. The minimum absolute atomic E-state index is 0.722. The second-order valence-electron chi connectivity index (χ2n) is 3.82. The van der Waals surface area contributed by atoms with Crippen molar-refractivity contribution in [3.05, 3.63) is 60.5 Å². The maximum atomic E-state index is 6.21. The van der Waals surface area contributed by atoms with Crippen LogP contribution in [0.1, 0.15) is 5.56 Å². The fourth-order valence-electron chi connectivity index (χ4n) is 1.91. The zero-order valence-electron chi connectivity index (χ0n) is 9.62. The molecule has 1 heterocycles. The van der Waals surface area contributed by atoms with E-state index in [4.69, 9.17) is 11.6 Å². The van der Waals surface area contributed by atoms with E-state index in [2.05, 4.69) is 24.2 Å². The molecule has 0 atom stereocenters. The largest absolute Gasteiger partial charge is 0.355 e. The molecule has 0 aliphatic rings. The summed E-state index contributed by atoms with van der Waals surface area (Å²) < 4.78 is 0. The highest BCUT2D eigenvalue weighted by Crippen LogP contribution is 2.26. The predicted molar refractivity (Wildman–Crippen MR) is 74.1 cm³/mol. The molecule has 0 aliphatic carbocycles. The van der Waals surface area contributed by atoms with Crippen molar-refractivity contribution in [2.75, 3.05) is 6.54 Å². The van der Waals surface area contributed by atoms with E-state index in [0.29, 0.717) is 0 Å². The van der Waals surface area contributed by atoms with Crippen molar-refractivity contribution < 1.29 is 0 Å². The highest BCUT2D eigenvalue weighted by atomic mass is 35.5. The van der Waals surface area contributed by atoms with E-state index in [9.17, 15) is 0 Å². The van der Waals surface area contributed by atoms with E-state index in [-0.39, 0.29) is 0 Å². The molecule has 17 heavy (non-hydrogen) atoms. The Morgan fingerprint density at radius 3 is 2.65 bits per heavy atom. The standard InChI is InChI=1S/C14H15ClN2/c1-3-17(4-2)10-9-12-11-7-5-6-8-13(11)16-14(12)15/h3-8,16H,1-2,9-10H2. The first-order valence-corrected chi connectivity index (χ1v) is 5.90. The summed E-state index contributed by atoms with van der Waals surface area (Å²) in [6, 6.07) is 8.14. The van der Waals surface area contributed by atoms with Crippen molar-refractivity contribution >= 4 is 22.5 Å². The number of aromatic nitrogens is 1. The lowest BCUT2D eigenvalue weighted by Crippen LogP contribution is -2.12. The van der Waals surface area contributed by atoms with E-state index >= 15 is 0 Å². The van der Waals surface area contributed by atoms with Crippen molar-refractivity contribution in [3.8, 4) is 0 Å². The Labute approximate surface area is 106 Å². The number of para-hydroxylation sites is 1. The van der Waals surface area contributed by atoms with Crippen molar-refractivity contribution in [3.63, 3.8) is 0 Å². The smallest absolute Gasteiger partial charge is 0.110 e. The van der Waals surface area contributed by atoms with E-state index in [0.717, 1.165) is 29.2 Å². The molecule has 0 amide bonds. The number of benzene rings is 1. The molecule has 88 valence electrons. The third kappa shape index (κ3) is 2.37. The van der Waals surface area contributed by atoms with Gasteiger partial charge in [0.05, 0.1) is 0 Å². The van der Waals surface area contributed by atoms with Gasteiger partial charge in [-0.3, -0.25) is 0 Å². The van der Waals surface area contributed by atoms with Gasteiger partial charge in [-0.2, -0.15) is 0 Å². The third-order valence-electron chi connectivity index (χ3n) is 2.85. The molecule has 3 heteroatoms. The molecule has 1 aromatic carbocycles. The molecule has 0 aliphatic heterocycles. The van der Waals surface area contributed by atoms with Crippen LogP contribution in [-0.4, -0.2) is 16.4 Å². The minimum Gasteiger partial charge on any atom is -0.355 e. The summed E-state index contributed by atoms with van der Waals surface area (Å²) in [6.07, 6.45) is 4.38. The van der Waals surface area contributed by atoms with E-state index in [1.165, 1.54) is 5.39 Å². The summed E-state index contributed by atoms with van der Waals surface area (Å²) in [5, 5.41) is 1.91. The van der Waals surface area contributed by atoms with Gasteiger partial charge in [-0.25, -0.2) is 0 Å². The highest BCUT2D eigenvalue weighted by molar-refractivity contribution is 6.31. The molecular formula is C14H15ClN2. The van der Waals surface area contributed by atoms with Gasteiger partial charge in [0.25, 0.3) is 0 Å². The van der Waals surface area contributed by atoms with Crippen LogP contribution in [0.2, 0.25) is 5.15 Å². The zero-order chi connectivity index (χ0) is 12.3. The van der Waals surface area contributed by atoms with Crippen LogP contribution in [0.25, 0.3) is 10.9 Å². The Bertz CT molecular complexity index is 534. The molecule has 1 N–H and O–H groups in total. The average molecular weight is 247 g/mol. The number of hydrogen-bond donors (Lipinski definition) is 1. The summed E-state index contributed by atoms with van der Waals surface area (Å²) in [4.78, 5) is 5.12. The topological polar surface area (TPSA) is 19.0 Å². The molecule has 2 rings (SSSR count). The SMILES string of the molecule is C=CN(C=C)CCc1c(Cl)[nH]c2ccccc12. The average Bonchev–Trinajstić information content (AvgIpc) is 2.67. The van der Waals surface area contributed by atoms with E-state index in [1.54, 1.807) is 12.4 Å². The maximum Gasteiger partial charge on any atom is 0.110 e. The molecule has 0 spiro atoms. The van der Waals surface area contributed by atoms with Crippen molar-refractivity contribution in [1.29, 1.82) is 0 Å². The Balaban J connectivity index is 2.26. The first-order chi connectivity index (χ1) is 8.26. The minimum atomic E-state index is 0.722. The molecule has 0 saturated carbocycles. The summed E-state index contributed by atoms with van der Waals surface area (Å²) in [6.45, 7) is 8.29. The number of rotatable bonds is 5. The number of nitrogens with zero attached hydrogens (tertiary/aromatic N) is 1. The van der Waals surface area contributed by atoms with Crippen molar-refractivity contribution in [2.45, 2.75) is 6.42 Å². The summed E-state index contributed by atoms with van der Waals surface area (Å²) in [5.41, 5.74) is 2.23. The first kappa shape index (κ1) is 11.8. The lowest BCUT2D eigenvalue weighted by molar-refractivity contribution is 0.513. The van der Waals surface area contributed by atoms with E-state index < -0.39 is 0 Å². The number of nitrogens with one attached hydrogen (secondary N) is 1. The van der Waals surface area contributed by atoms with Crippen LogP contribution in [0.3, 0.4) is 0 Å². The number of aromatic amines is 1. The summed E-state index contributed by atoms with van der Waals surface area (Å²) in [5.74, 6) is 0.